The van der Waals surface area contributed by atoms with Gasteiger partial charge in [-0.3, -0.25) is 9.36 Å². The number of methoxy groups -OCH3 is 1. The minimum Gasteiger partial charge on any atom is -0.484 e. The summed E-state index contributed by atoms with van der Waals surface area (Å²) in [7, 11) is 1.54. The van der Waals surface area contributed by atoms with Crippen LogP contribution in [0.25, 0.3) is 11.2 Å². The van der Waals surface area contributed by atoms with Crippen LogP contribution >= 0.6 is 0 Å². The van der Waals surface area contributed by atoms with Crippen molar-refractivity contribution in [3.05, 3.63) is 40.4 Å². The predicted molar refractivity (Wildman–Crippen MR) is 128 cm³/mol. The first kappa shape index (κ1) is 24.8. The molecule has 0 radical (unpaired) electrons. The van der Waals surface area contributed by atoms with E-state index in [9.17, 15) is 9.90 Å². The molecule has 0 aromatic carbocycles. The number of likely N-dealkylation sites (N-methyl/N-ethyl adjacent to an activating group) is 1. The summed E-state index contributed by atoms with van der Waals surface area (Å²) in [6.45, 7) is 6.15. The van der Waals surface area contributed by atoms with Crippen LogP contribution in [0, 0.1) is 0 Å². The Kier molecular flexibility index (Phi) is 8.40. The van der Waals surface area contributed by atoms with Crippen LogP contribution < -0.4 is 25.1 Å². The van der Waals surface area contributed by atoms with Crippen LogP contribution in [0.15, 0.2) is 29.2 Å². The third-order valence-electron chi connectivity index (χ3n) is 5.90. The Labute approximate surface area is 202 Å². The van der Waals surface area contributed by atoms with Gasteiger partial charge in [-0.25, -0.2) is 4.98 Å². The fourth-order valence-electron chi connectivity index (χ4n) is 3.85. The van der Waals surface area contributed by atoms with Gasteiger partial charge < -0.3 is 29.5 Å². The second-order valence-electron chi connectivity index (χ2n) is 8.13. The third-order valence-corrected chi connectivity index (χ3v) is 5.90. The van der Waals surface area contributed by atoms with E-state index >= 15 is 0 Å². The molecule has 0 bridgehead atoms. The summed E-state index contributed by atoms with van der Waals surface area (Å²) in [6, 6.07) is 5.20. The van der Waals surface area contributed by atoms with Gasteiger partial charge in [0.25, 0.3) is 11.4 Å². The molecule has 4 rings (SSSR count). The molecule has 12 heteroatoms. The molecule has 1 atom stereocenters. The van der Waals surface area contributed by atoms with Crippen LogP contribution in [0.4, 0.5) is 0 Å². The molecular formula is C23H31N7O5. The highest BCUT2D eigenvalue weighted by molar-refractivity contribution is 5.70. The number of nitrogens with zero attached hydrogens (tertiary/aromatic N) is 6. The lowest BCUT2D eigenvalue weighted by Gasteiger charge is -2.24. The summed E-state index contributed by atoms with van der Waals surface area (Å²) >= 11 is 0. The Morgan fingerprint density at radius 2 is 2.11 bits per heavy atom. The smallest absolute Gasteiger partial charge is 0.276 e. The van der Waals surface area contributed by atoms with Crippen LogP contribution in [0.3, 0.4) is 0 Å². The van der Waals surface area contributed by atoms with Crippen LogP contribution in [-0.4, -0.2) is 87.3 Å². The van der Waals surface area contributed by atoms with Gasteiger partial charge in [0, 0.05) is 37.8 Å². The number of hydrogen-bond donors (Lipinski definition) is 2. The van der Waals surface area contributed by atoms with Crippen molar-refractivity contribution >= 4 is 11.2 Å². The van der Waals surface area contributed by atoms with Gasteiger partial charge in [0.15, 0.2) is 11.4 Å². The molecule has 188 valence electrons. The zero-order valence-electron chi connectivity index (χ0n) is 20.0. The average molecular weight is 486 g/mol. The van der Waals surface area contributed by atoms with Crippen LogP contribution in [-0.2, 0) is 13.1 Å². The highest BCUT2D eigenvalue weighted by Crippen LogP contribution is 2.26. The molecular weight excluding hydrogens is 454 g/mol. The molecule has 3 aromatic rings. The van der Waals surface area contributed by atoms with Crippen molar-refractivity contribution in [2.75, 3.05) is 46.6 Å². The summed E-state index contributed by atoms with van der Waals surface area (Å²) in [4.78, 5) is 23.3. The summed E-state index contributed by atoms with van der Waals surface area (Å²) in [5, 5.41) is 21.4. The number of rotatable bonds is 12. The van der Waals surface area contributed by atoms with Gasteiger partial charge in [-0.15, -0.1) is 5.10 Å². The molecule has 2 N–H and O–H groups in total. The lowest BCUT2D eigenvalue weighted by atomic mass is 10.2. The number of aliphatic hydroxyl groups is 1. The minimum absolute atomic E-state index is 0.00625. The molecule has 0 unspecified atom stereocenters. The van der Waals surface area contributed by atoms with Gasteiger partial charge in [0.1, 0.15) is 18.7 Å². The van der Waals surface area contributed by atoms with Gasteiger partial charge in [-0.2, -0.15) is 10.1 Å². The van der Waals surface area contributed by atoms with E-state index < -0.39 is 0 Å². The van der Waals surface area contributed by atoms with Crippen molar-refractivity contribution in [2.24, 2.45) is 0 Å². The van der Waals surface area contributed by atoms with Gasteiger partial charge in [-0.1, -0.05) is 6.92 Å². The molecule has 35 heavy (non-hydrogen) atoms. The quantitative estimate of drug-likeness (QED) is 0.365. The normalized spacial score (nSPS) is 13.8. The van der Waals surface area contributed by atoms with Crippen molar-refractivity contribution in [1.29, 1.82) is 0 Å². The van der Waals surface area contributed by atoms with Gasteiger partial charge in [-0.05, 0) is 25.6 Å². The Morgan fingerprint density at radius 3 is 2.91 bits per heavy atom. The molecule has 0 spiro atoms. The molecule has 1 aliphatic rings. The Morgan fingerprint density at radius 1 is 1.26 bits per heavy atom. The maximum Gasteiger partial charge on any atom is 0.276 e. The number of ether oxygens (including phenoxy) is 3. The monoisotopic (exact) mass is 485 g/mol. The summed E-state index contributed by atoms with van der Waals surface area (Å²) in [5.41, 5.74) is 1.65. The fourth-order valence-corrected chi connectivity index (χ4v) is 3.85. The molecule has 0 aliphatic carbocycles. The number of pyridine rings is 1. The van der Waals surface area contributed by atoms with Gasteiger partial charge in [0.05, 0.1) is 25.6 Å². The minimum atomic E-state index is -0.204. The van der Waals surface area contributed by atoms with E-state index in [2.05, 4.69) is 37.3 Å². The van der Waals surface area contributed by atoms with Crippen molar-refractivity contribution in [3.8, 4) is 17.5 Å². The van der Waals surface area contributed by atoms with E-state index in [1.165, 1.54) is 13.3 Å². The highest BCUT2D eigenvalue weighted by atomic mass is 16.6. The van der Waals surface area contributed by atoms with E-state index in [-0.39, 0.29) is 18.2 Å². The molecule has 0 saturated carbocycles. The summed E-state index contributed by atoms with van der Waals surface area (Å²) in [6.07, 6.45) is 2.04. The SMILES string of the molecule is CCN(CC[C@@H](CO)NCc1cc2c(nn1)OCCO2)CCn1c(=O)cnc2ccc(OC)nc21. The van der Waals surface area contributed by atoms with Gasteiger partial charge >= 0.3 is 0 Å². The lowest BCUT2D eigenvalue weighted by molar-refractivity contribution is 0.161. The second-order valence-corrected chi connectivity index (χ2v) is 8.13. The van der Waals surface area contributed by atoms with Crippen molar-refractivity contribution < 1.29 is 19.3 Å². The maximum absolute atomic E-state index is 12.5. The van der Waals surface area contributed by atoms with E-state index in [0.717, 1.165) is 19.5 Å². The van der Waals surface area contributed by atoms with E-state index in [0.29, 0.717) is 67.2 Å². The number of aliphatic hydroxyl groups excluding tert-OH is 1. The number of fused-ring (bicyclic) bond motifs is 2. The number of aromatic nitrogens is 5. The second kappa shape index (κ2) is 11.9. The first-order valence-corrected chi connectivity index (χ1v) is 11.7. The van der Waals surface area contributed by atoms with Crippen molar-refractivity contribution in [3.63, 3.8) is 0 Å². The van der Waals surface area contributed by atoms with Crippen LogP contribution in [0.1, 0.15) is 19.0 Å². The predicted octanol–water partition coefficient (Wildman–Crippen LogP) is 0.224. The average Bonchev–Trinajstić information content (AvgIpc) is 2.90. The number of nitrogens with one attached hydrogen (secondary N) is 1. The topological polar surface area (TPSA) is 137 Å². The number of hydrogen-bond acceptors (Lipinski definition) is 11. The lowest BCUT2D eigenvalue weighted by Crippen LogP contribution is -2.38. The fraction of sp³-hybridized carbons (Fsp3) is 0.522. The van der Waals surface area contributed by atoms with Crippen LogP contribution in [0.2, 0.25) is 0 Å². The zero-order chi connectivity index (χ0) is 24.6. The first-order valence-electron chi connectivity index (χ1n) is 11.7. The molecule has 0 amide bonds. The molecule has 12 nitrogen and oxygen atoms in total. The molecule has 0 saturated heterocycles. The van der Waals surface area contributed by atoms with Gasteiger partial charge in [0.2, 0.25) is 5.88 Å². The highest BCUT2D eigenvalue weighted by Gasteiger charge is 2.16. The first-order chi connectivity index (χ1) is 17.1. The standard InChI is InChI=1S/C23H31N7O5/c1-3-29(8-9-30-21(32)14-25-18-4-5-20(33-2)26-22(18)30)7-6-16(15-31)24-13-17-12-19-23(28-27-17)35-11-10-34-19/h4-5,12,14,16,24,31H,3,6-11,13,15H2,1-2H3/t16-/m0/s1. The van der Waals surface area contributed by atoms with E-state index in [1.54, 1.807) is 22.8 Å². The molecule has 4 heterocycles. The Bertz CT molecular complexity index is 1190. The maximum atomic E-state index is 12.5. The Hall–Kier alpha value is -3.35. The van der Waals surface area contributed by atoms with Crippen molar-refractivity contribution in [1.82, 2.24) is 34.9 Å². The molecule has 0 fully saturated rings. The summed E-state index contributed by atoms with van der Waals surface area (Å²) in [5.74, 6) is 1.43. The van der Waals surface area contributed by atoms with E-state index in [4.69, 9.17) is 14.2 Å². The molecule has 3 aromatic heterocycles. The summed E-state index contributed by atoms with van der Waals surface area (Å²) < 4.78 is 17.8. The third kappa shape index (κ3) is 6.21. The molecule has 1 aliphatic heterocycles. The van der Waals surface area contributed by atoms with E-state index in [1.807, 2.05) is 0 Å². The van der Waals surface area contributed by atoms with Crippen molar-refractivity contribution in [2.45, 2.75) is 32.5 Å². The zero-order valence-corrected chi connectivity index (χ0v) is 20.0. The largest absolute Gasteiger partial charge is 0.484 e. The Balaban J connectivity index is 1.32. The van der Waals surface area contributed by atoms with Crippen LogP contribution in [0.5, 0.6) is 17.5 Å².